The first kappa shape index (κ1) is 19.4. The number of imidazole rings is 1. The number of halogens is 4. The van der Waals surface area contributed by atoms with Crippen molar-refractivity contribution in [1.82, 2.24) is 25.1 Å². The minimum absolute atomic E-state index is 0.0687. The number of nitrogens with zero attached hydrogens (tertiary/aromatic N) is 3. The van der Waals surface area contributed by atoms with Crippen molar-refractivity contribution in [3.63, 3.8) is 0 Å². The van der Waals surface area contributed by atoms with Gasteiger partial charge in [0.2, 0.25) is 0 Å². The molecule has 3 rings (SSSR count). The molecule has 2 aromatic heterocycles. The van der Waals surface area contributed by atoms with Gasteiger partial charge in [-0.25, -0.2) is 9.37 Å². The normalized spacial score (nSPS) is 16.9. The largest absolute Gasteiger partial charge is 0.394 e. The van der Waals surface area contributed by atoms with E-state index in [-0.39, 0.29) is 37.9 Å². The van der Waals surface area contributed by atoms with Crippen molar-refractivity contribution in [2.24, 2.45) is 5.41 Å². The Bertz CT molecular complexity index is 793. The first-order valence-electron chi connectivity index (χ1n) is 8.73. The van der Waals surface area contributed by atoms with Crippen LogP contribution in [0.25, 0.3) is 0 Å². The van der Waals surface area contributed by atoms with E-state index in [9.17, 15) is 22.4 Å². The van der Waals surface area contributed by atoms with E-state index in [0.717, 1.165) is 0 Å². The zero-order valence-electron chi connectivity index (χ0n) is 14.8. The lowest BCUT2D eigenvalue weighted by Gasteiger charge is -2.23. The van der Waals surface area contributed by atoms with Gasteiger partial charge in [-0.1, -0.05) is 0 Å². The molecule has 1 amide bonds. The number of carbonyl (C=O) groups is 1. The quantitative estimate of drug-likeness (QED) is 0.681. The molecule has 0 saturated heterocycles. The Balaban J connectivity index is 1.74. The predicted octanol–water partition coefficient (Wildman–Crippen LogP) is 3.48. The van der Waals surface area contributed by atoms with Crippen LogP contribution in [0.3, 0.4) is 0 Å². The fraction of sp³-hybridized carbons (Fsp3) is 0.588. The number of hydrogen-bond acceptors (Lipinski definition) is 3. The lowest BCUT2D eigenvalue weighted by atomic mass is 9.95. The van der Waals surface area contributed by atoms with Crippen LogP contribution >= 0.6 is 0 Å². The van der Waals surface area contributed by atoms with E-state index in [4.69, 9.17) is 0 Å². The first-order valence-corrected chi connectivity index (χ1v) is 8.73. The average molecular weight is 387 g/mol. The number of aromatic amines is 1. The van der Waals surface area contributed by atoms with E-state index >= 15 is 0 Å². The molecule has 148 valence electrons. The van der Waals surface area contributed by atoms with Gasteiger partial charge in [-0.15, -0.1) is 0 Å². The van der Waals surface area contributed by atoms with Crippen molar-refractivity contribution in [1.29, 1.82) is 0 Å². The van der Waals surface area contributed by atoms with Gasteiger partial charge in [0.15, 0.2) is 0 Å². The number of hydrogen-bond donors (Lipinski definition) is 2. The molecule has 1 aliphatic carbocycles. The number of H-pyrrole nitrogens is 1. The lowest BCUT2D eigenvalue weighted by Crippen LogP contribution is -2.32. The Morgan fingerprint density at radius 2 is 2.19 bits per heavy atom. The van der Waals surface area contributed by atoms with Crippen LogP contribution in [0.15, 0.2) is 18.5 Å². The maximum absolute atomic E-state index is 13.2. The van der Waals surface area contributed by atoms with Gasteiger partial charge in [0.1, 0.15) is 18.2 Å². The van der Waals surface area contributed by atoms with Crippen LogP contribution in [0.4, 0.5) is 17.6 Å². The molecule has 2 heterocycles. The molecule has 1 aliphatic rings. The Hall–Kier alpha value is -2.39. The van der Waals surface area contributed by atoms with Crippen LogP contribution in [0, 0.1) is 12.3 Å². The summed E-state index contributed by atoms with van der Waals surface area (Å²) in [6.45, 7) is 0.969. The van der Waals surface area contributed by atoms with E-state index in [0.29, 0.717) is 11.5 Å². The van der Waals surface area contributed by atoms with Gasteiger partial charge in [0.05, 0.1) is 29.9 Å². The smallest absolute Gasteiger partial charge is 0.344 e. The molecule has 2 N–H and O–H groups in total. The number of rotatable bonds is 8. The fourth-order valence-corrected chi connectivity index (χ4v) is 3.19. The van der Waals surface area contributed by atoms with Gasteiger partial charge >= 0.3 is 6.18 Å². The fourth-order valence-electron chi connectivity index (χ4n) is 3.19. The zero-order valence-corrected chi connectivity index (χ0v) is 14.8. The van der Waals surface area contributed by atoms with Crippen LogP contribution < -0.4 is 5.32 Å². The Labute approximate surface area is 153 Å². The summed E-state index contributed by atoms with van der Waals surface area (Å²) >= 11 is 0. The number of aromatic nitrogens is 4. The van der Waals surface area contributed by atoms with Gasteiger partial charge in [-0.05, 0) is 38.7 Å². The summed E-state index contributed by atoms with van der Waals surface area (Å²) in [6.07, 6.45) is -1.10. The van der Waals surface area contributed by atoms with E-state index < -0.39 is 30.2 Å². The molecule has 2 aromatic rings. The van der Waals surface area contributed by atoms with E-state index in [2.05, 4.69) is 20.4 Å². The molecule has 0 aromatic carbocycles. The summed E-state index contributed by atoms with van der Waals surface area (Å²) in [6, 6.07) is 0.783. The number of alkyl halides is 4. The summed E-state index contributed by atoms with van der Waals surface area (Å²) < 4.78 is 53.5. The van der Waals surface area contributed by atoms with Gasteiger partial charge in [0.25, 0.3) is 5.91 Å². The maximum atomic E-state index is 13.2. The summed E-state index contributed by atoms with van der Waals surface area (Å²) in [4.78, 5) is 19.6. The van der Waals surface area contributed by atoms with Crippen LogP contribution in [-0.4, -0.2) is 38.5 Å². The summed E-state index contributed by atoms with van der Waals surface area (Å²) in [7, 11) is 0. The summed E-state index contributed by atoms with van der Waals surface area (Å²) in [5.41, 5.74) is -0.956. The summed E-state index contributed by atoms with van der Waals surface area (Å²) in [5, 5.41) is 6.62. The number of amides is 1. The second kappa shape index (κ2) is 7.32. The minimum Gasteiger partial charge on any atom is -0.344 e. The molecule has 27 heavy (non-hydrogen) atoms. The van der Waals surface area contributed by atoms with Crippen LogP contribution in [0.1, 0.15) is 53.7 Å². The lowest BCUT2D eigenvalue weighted by molar-refractivity contribution is -0.189. The molecule has 6 nitrogen and oxygen atoms in total. The van der Waals surface area contributed by atoms with Crippen molar-refractivity contribution < 1.29 is 22.4 Å². The standard InChI is InChI=1S/C17H21F4N5O/c1-11-22-10-13(24-11)12(2-4-16(5-6-16)17(19,20)21)25-15(27)14-3-8-23-26(14)9-7-18/h3,8,10,12H,2,4-7,9H2,1H3,(H,22,24)(H,25,27). The van der Waals surface area contributed by atoms with Crippen molar-refractivity contribution in [2.75, 3.05) is 6.67 Å². The van der Waals surface area contributed by atoms with Crippen molar-refractivity contribution in [3.8, 4) is 0 Å². The molecule has 0 bridgehead atoms. The highest BCUT2D eigenvalue weighted by molar-refractivity contribution is 5.92. The van der Waals surface area contributed by atoms with E-state index in [1.54, 1.807) is 6.92 Å². The molecule has 0 spiro atoms. The van der Waals surface area contributed by atoms with Crippen LogP contribution in [0.2, 0.25) is 0 Å². The monoisotopic (exact) mass is 387 g/mol. The van der Waals surface area contributed by atoms with Crippen molar-refractivity contribution >= 4 is 5.91 Å². The molecular formula is C17H21F4N5O. The van der Waals surface area contributed by atoms with Crippen molar-refractivity contribution in [2.45, 2.75) is 51.4 Å². The summed E-state index contributed by atoms with van der Waals surface area (Å²) in [5.74, 6) is 0.0822. The van der Waals surface area contributed by atoms with E-state index in [1.165, 1.54) is 23.1 Å². The minimum atomic E-state index is -4.24. The third-order valence-corrected chi connectivity index (χ3v) is 5.02. The van der Waals surface area contributed by atoms with Crippen molar-refractivity contribution in [3.05, 3.63) is 35.7 Å². The second-order valence-corrected chi connectivity index (χ2v) is 6.90. The van der Waals surface area contributed by atoms with Crippen LogP contribution in [0.5, 0.6) is 0 Å². The Morgan fingerprint density at radius 3 is 2.74 bits per heavy atom. The molecular weight excluding hydrogens is 366 g/mol. The van der Waals surface area contributed by atoms with Gasteiger partial charge in [-0.2, -0.15) is 18.3 Å². The highest BCUT2D eigenvalue weighted by Gasteiger charge is 2.62. The SMILES string of the molecule is Cc1ncc(C(CCC2(C(F)(F)F)CC2)NC(=O)c2ccnn2CCF)[nH]1. The predicted molar refractivity (Wildman–Crippen MR) is 88.7 cm³/mol. The second-order valence-electron chi connectivity index (χ2n) is 6.90. The Kier molecular flexibility index (Phi) is 5.25. The topological polar surface area (TPSA) is 75.6 Å². The number of carbonyl (C=O) groups excluding carboxylic acids is 1. The zero-order chi connectivity index (χ0) is 19.7. The molecule has 1 fully saturated rings. The number of nitrogens with one attached hydrogen (secondary N) is 2. The number of aryl methyl sites for hydroxylation is 2. The molecule has 10 heteroatoms. The van der Waals surface area contributed by atoms with Gasteiger partial charge < -0.3 is 10.3 Å². The highest BCUT2D eigenvalue weighted by Crippen LogP contribution is 2.61. The third kappa shape index (κ3) is 4.14. The van der Waals surface area contributed by atoms with Gasteiger partial charge in [0, 0.05) is 6.20 Å². The Morgan fingerprint density at radius 1 is 1.44 bits per heavy atom. The maximum Gasteiger partial charge on any atom is 0.394 e. The van der Waals surface area contributed by atoms with E-state index in [1.807, 2.05) is 0 Å². The first-order chi connectivity index (χ1) is 12.8. The molecule has 1 saturated carbocycles. The highest BCUT2D eigenvalue weighted by atomic mass is 19.4. The average Bonchev–Trinajstić information content (AvgIpc) is 3.06. The molecule has 0 radical (unpaired) electrons. The van der Waals surface area contributed by atoms with Crippen LogP contribution in [-0.2, 0) is 6.54 Å². The molecule has 1 unspecified atom stereocenters. The molecule has 1 atom stereocenters. The van der Waals surface area contributed by atoms with Gasteiger partial charge in [-0.3, -0.25) is 9.48 Å². The third-order valence-electron chi connectivity index (χ3n) is 5.02. The molecule has 0 aliphatic heterocycles.